The third-order valence-electron chi connectivity index (χ3n) is 8.64. The smallest absolute Gasteiger partial charge is 0.320 e. The van der Waals surface area contributed by atoms with E-state index in [1.807, 2.05) is 21.8 Å². The van der Waals surface area contributed by atoms with Gasteiger partial charge in [0.05, 0.1) is 23.8 Å². The van der Waals surface area contributed by atoms with E-state index in [1.54, 1.807) is 6.33 Å². The normalized spacial score (nSPS) is 17.2. The van der Waals surface area contributed by atoms with E-state index in [-0.39, 0.29) is 11.6 Å². The molecule has 2 aliphatic heterocycles. The summed E-state index contributed by atoms with van der Waals surface area (Å²) in [6.07, 6.45) is 7.70. The zero-order valence-electron chi connectivity index (χ0n) is 25.6. The van der Waals surface area contributed by atoms with E-state index in [4.69, 9.17) is 4.98 Å². The number of urea groups is 1. The average molecular weight is 562 g/mol. The summed E-state index contributed by atoms with van der Waals surface area (Å²) in [5.74, 6) is 1.55. The highest BCUT2D eigenvalue weighted by molar-refractivity contribution is 5.87. The van der Waals surface area contributed by atoms with Crippen LogP contribution in [0.4, 0.5) is 10.6 Å². The Bertz CT molecular complexity index is 1300. The Morgan fingerprint density at radius 1 is 0.976 bits per heavy atom. The lowest BCUT2D eigenvalue weighted by Crippen LogP contribution is -2.55. The predicted molar refractivity (Wildman–Crippen MR) is 163 cm³/mol. The number of nitrogens with zero attached hydrogens (tertiary/aromatic N) is 9. The van der Waals surface area contributed by atoms with Crippen molar-refractivity contribution in [2.24, 2.45) is 5.92 Å². The first-order valence-electron chi connectivity index (χ1n) is 15.4. The number of rotatable bonds is 8. The van der Waals surface area contributed by atoms with Crippen LogP contribution in [-0.2, 0) is 13.0 Å². The molecule has 222 valence electrons. The van der Waals surface area contributed by atoms with Gasteiger partial charge in [-0.15, -0.1) is 0 Å². The highest BCUT2D eigenvalue weighted by Gasteiger charge is 2.31. The number of piperidine rings is 1. The molecule has 2 fully saturated rings. The Hall–Kier alpha value is -3.27. The van der Waals surface area contributed by atoms with Crippen LogP contribution in [0.5, 0.6) is 0 Å². The van der Waals surface area contributed by atoms with Crippen LogP contribution in [0.3, 0.4) is 0 Å². The van der Waals surface area contributed by atoms with Crippen LogP contribution in [-0.4, -0.2) is 103 Å². The molecule has 3 aromatic heterocycles. The molecule has 0 saturated carbocycles. The Balaban J connectivity index is 1.16. The number of carbonyl (C=O) groups excluding carboxylic acids is 1. The summed E-state index contributed by atoms with van der Waals surface area (Å²) < 4.78 is 1.91. The fourth-order valence-corrected chi connectivity index (χ4v) is 6.22. The largest absolute Gasteiger partial charge is 0.352 e. The lowest BCUT2D eigenvalue weighted by molar-refractivity contribution is 0.0871. The number of aryl methyl sites for hydroxylation is 1. The summed E-state index contributed by atoms with van der Waals surface area (Å²) in [7, 11) is 0. The lowest BCUT2D eigenvalue weighted by atomic mass is 9.94. The number of hydrogen-bond donors (Lipinski definition) is 0. The Kier molecular flexibility index (Phi) is 9.06. The zero-order chi connectivity index (χ0) is 29.0. The van der Waals surface area contributed by atoms with Crippen LogP contribution in [0.2, 0.25) is 0 Å². The van der Waals surface area contributed by atoms with Gasteiger partial charge in [0.15, 0.2) is 5.65 Å². The molecule has 3 aromatic rings. The molecule has 0 bridgehead atoms. The average Bonchev–Trinajstić information content (AvgIpc) is 3.38. The molecular formula is C31H47N9O. The molecule has 2 amide bonds. The van der Waals surface area contributed by atoms with E-state index in [1.165, 1.54) is 0 Å². The van der Waals surface area contributed by atoms with Gasteiger partial charge in [-0.05, 0) is 64.6 Å². The van der Waals surface area contributed by atoms with Crippen LogP contribution >= 0.6 is 0 Å². The number of anilines is 1. The van der Waals surface area contributed by atoms with Crippen molar-refractivity contribution in [1.82, 2.24) is 39.4 Å². The summed E-state index contributed by atoms with van der Waals surface area (Å²) in [4.78, 5) is 36.3. The molecule has 10 heteroatoms. The van der Waals surface area contributed by atoms with Crippen molar-refractivity contribution >= 4 is 22.9 Å². The molecule has 2 saturated heterocycles. The van der Waals surface area contributed by atoms with Crippen molar-refractivity contribution in [2.75, 3.05) is 57.3 Å². The number of pyridine rings is 1. The first-order chi connectivity index (χ1) is 19.8. The van der Waals surface area contributed by atoms with Crippen molar-refractivity contribution in [2.45, 2.75) is 72.4 Å². The predicted octanol–water partition coefficient (Wildman–Crippen LogP) is 4.30. The highest BCUT2D eigenvalue weighted by Crippen LogP contribution is 2.26. The fourth-order valence-electron chi connectivity index (χ4n) is 6.22. The van der Waals surface area contributed by atoms with Crippen molar-refractivity contribution in [3.05, 3.63) is 42.1 Å². The monoisotopic (exact) mass is 561 g/mol. The Labute approximate surface area is 244 Å². The highest BCUT2D eigenvalue weighted by atomic mass is 16.2. The topological polar surface area (TPSA) is 86.5 Å². The van der Waals surface area contributed by atoms with E-state index >= 15 is 0 Å². The summed E-state index contributed by atoms with van der Waals surface area (Å²) in [6, 6.07) is 6.37. The minimum atomic E-state index is 0.185. The van der Waals surface area contributed by atoms with Crippen LogP contribution in [0, 0.1) is 5.92 Å². The molecular weight excluding hydrogens is 514 g/mol. The van der Waals surface area contributed by atoms with Gasteiger partial charge in [-0.1, -0.05) is 26.3 Å². The quantitative estimate of drug-likeness (QED) is 0.405. The number of piperazine rings is 1. The maximum Gasteiger partial charge on any atom is 0.320 e. The van der Waals surface area contributed by atoms with Crippen molar-refractivity contribution in [3.8, 4) is 0 Å². The van der Waals surface area contributed by atoms with Gasteiger partial charge in [0, 0.05) is 57.0 Å². The van der Waals surface area contributed by atoms with Gasteiger partial charge < -0.3 is 14.7 Å². The molecule has 0 aromatic carbocycles. The van der Waals surface area contributed by atoms with Gasteiger partial charge in [-0.3, -0.25) is 9.88 Å². The van der Waals surface area contributed by atoms with Gasteiger partial charge >= 0.3 is 6.03 Å². The molecule has 5 heterocycles. The van der Waals surface area contributed by atoms with Crippen molar-refractivity contribution in [3.63, 3.8) is 0 Å². The van der Waals surface area contributed by atoms with Crippen molar-refractivity contribution < 1.29 is 4.79 Å². The number of hydrogen-bond acceptors (Lipinski definition) is 7. The SMILES string of the molecule is CCCc1cccc(Cn2ncc3c(N4CCN(C(=O)N5CCC(CN(CC)C(C)(C)C)CC5)CC4)ncnc32)n1. The summed E-state index contributed by atoms with van der Waals surface area (Å²) in [6.45, 7) is 18.6. The maximum absolute atomic E-state index is 13.4. The first-order valence-corrected chi connectivity index (χ1v) is 15.4. The van der Waals surface area contributed by atoms with E-state index in [2.05, 4.69) is 76.5 Å². The molecule has 0 radical (unpaired) electrons. The van der Waals surface area contributed by atoms with Gasteiger partial charge in [-0.25, -0.2) is 19.4 Å². The van der Waals surface area contributed by atoms with E-state index in [0.29, 0.717) is 25.6 Å². The van der Waals surface area contributed by atoms with Crippen molar-refractivity contribution in [1.29, 1.82) is 0 Å². The fraction of sp³-hybridized carbons (Fsp3) is 0.645. The number of fused-ring (bicyclic) bond motifs is 1. The molecule has 0 unspecified atom stereocenters. The number of carbonyl (C=O) groups is 1. The second-order valence-corrected chi connectivity index (χ2v) is 12.5. The lowest BCUT2D eigenvalue weighted by Gasteiger charge is -2.42. The van der Waals surface area contributed by atoms with Gasteiger partial charge in [0.1, 0.15) is 12.1 Å². The third kappa shape index (κ3) is 6.80. The van der Waals surface area contributed by atoms with Gasteiger partial charge in [0.2, 0.25) is 0 Å². The maximum atomic E-state index is 13.4. The molecule has 0 atom stereocenters. The summed E-state index contributed by atoms with van der Waals surface area (Å²) in [5, 5.41) is 5.58. The Morgan fingerprint density at radius 3 is 2.37 bits per heavy atom. The van der Waals surface area contributed by atoms with Crippen LogP contribution in [0.25, 0.3) is 11.0 Å². The van der Waals surface area contributed by atoms with E-state index in [9.17, 15) is 4.79 Å². The molecule has 0 N–H and O–H groups in total. The van der Waals surface area contributed by atoms with E-state index < -0.39 is 0 Å². The molecule has 0 aliphatic carbocycles. The summed E-state index contributed by atoms with van der Waals surface area (Å²) >= 11 is 0. The number of likely N-dealkylation sites (tertiary alicyclic amines) is 1. The van der Waals surface area contributed by atoms with Crippen LogP contribution in [0.15, 0.2) is 30.7 Å². The molecule has 5 rings (SSSR count). The minimum Gasteiger partial charge on any atom is -0.352 e. The second kappa shape index (κ2) is 12.7. The van der Waals surface area contributed by atoms with Crippen LogP contribution in [0.1, 0.15) is 65.3 Å². The molecule has 2 aliphatic rings. The minimum absolute atomic E-state index is 0.185. The summed E-state index contributed by atoms with van der Waals surface area (Å²) in [5.41, 5.74) is 3.09. The molecule has 0 spiro atoms. The number of aromatic nitrogens is 5. The second-order valence-electron chi connectivity index (χ2n) is 12.5. The standard InChI is InChI=1S/C31H47N9O/c1-6-9-25-10-8-11-26(35-25)22-40-29-27(20-34-40)28(32-23-33-29)36-16-18-38(19-17-36)30(41)37-14-12-24(13-15-37)21-39(7-2)31(3,4)5/h8,10-11,20,23-24H,6-7,9,12-19,21-22H2,1-5H3. The van der Waals surface area contributed by atoms with E-state index in [0.717, 1.165) is 93.2 Å². The zero-order valence-corrected chi connectivity index (χ0v) is 25.6. The van der Waals surface area contributed by atoms with Gasteiger partial charge in [-0.2, -0.15) is 5.10 Å². The van der Waals surface area contributed by atoms with Crippen LogP contribution < -0.4 is 4.90 Å². The number of amides is 2. The van der Waals surface area contributed by atoms with Gasteiger partial charge in [0.25, 0.3) is 0 Å². The first kappa shape index (κ1) is 29.2. The third-order valence-corrected chi connectivity index (χ3v) is 8.64. The molecule has 41 heavy (non-hydrogen) atoms. The Morgan fingerprint density at radius 2 is 1.68 bits per heavy atom. The molecule has 10 nitrogen and oxygen atoms in total.